The second-order valence-corrected chi connectivity index (χ2v) is 7.38. The molecule has 1 aliphatic heterocycles. The van der Waals surface area contributed by atoms with Crippen LogP contribution < -0.4 is 10.2 Å². The number of carbonyl (C=O) groups excluding carboxylic acids is 1. The maximum Gasteiger partial charge on any atom is 0.232 e. The van der Waals surface area contributed by atoms with E-state index in [0.717, 1.165) is 24.2 Å². The molecule has 0 radical (unpaired) electrons. The van der Waals surface area contributed by atoms with Gasteiger partial charge in [0.05, 0.1) is 12.1 Å². The fraction of sp³-hybridized carbons (Fsp3) is 0.304. The summed E-state index contributed by atoms with van der Waals surface area (Å²) in [5.41, 5.74) is 3.33. The van der Waals surface area contributed by atoms with E-state index in [9.17, 15) is 4.79 Å². The van der Waals surface area contributed by atoms with E-state index in [-0.39, 0.29) is 30.2 Å². The van der Waals surface area contributed by atoms with Gasteiger partial charge in [0.2, 0.25) is 5.91 Å². The van der Waals surface area contributed by atoms with Gasteiger partial charge < -0.3 is 10.2 Å². The van der Waals surface area contributed by atoms with Crippen LogP contribution in [0.15, 0.2) is 73.1 Å². The minimum absolute atomic E-state index is 0. The monoisotopic (exact) mass is 410 g/mol. The molecule has 0 unspecified atom stereocenters. The van der Waals surface area contributed by atoms with Gasteiger partial charge in [-0.15, -0.1) is 12.4 Å². The van der Waals surface area contributed by atoms with Gasteiger partial charge in [-0.05, 0) is 29.7 Å². The summed E-state index contributed by atoms with van der Waals surface area (Å²) in [6, 6.07) is 20.3. The number of rotatable bonds is 6. The van der Waals surface area contributed by atoms with Crippen LogP contribution in [0.4, 0.5) is 5.69 Å². The van der Waals surface area contributed by atoms with E-state index < -0.39 is 0 Å². The molecule has 0 spiro atoms. The molecule has 1 aliphatic rings. The number of aromatic nitrogens is 2. The highest BCUT2D eigenvalue weighted by Gasteiger charge is 2.37. The zero-order valence-corrected chi connectivity index (χ0v) is 17.4. The van der Waals surface area contributed by atoms with Gasteiger partial charge >= 0.3 is 0 Å². The lowest BCUT2D eigenvalue weighted by atomic mass is 9.89. The normalized spacial score (nSPS) is 18.2. The minimum Gasteiger partial charge on any atom is -0.315 e. The summed E-state index contributed by atoms with van der Waals surface area (Å²) in [5, 5.41) is 7.70. The Bertz CT molecular complexity index is 913. The van der Waals surface area contributed by atoms with Gasteiger partial charge in [0, 0.05) is 44.5 Å². The number of para-hydroxylation sites is 1. The predicted molar refractivity (Wildman–Crippen MR) is 118 cm³/mol. The van der Waals surface area contributed by atoms with Crippen molar-refractivity contribution in [3.63, 3.8) is 0 Å². The van der Waals surface area contributed by atoms with Crippen molar-refractivity contribution in [3.05, 3.63) is 84.2 Å². The highest BCUT2D eigenvalue weighted by molar-refractivity contribution is 5.96. The van der Waals surface area contributed by atoms with Crippen molar-refractivity contribution in [2.45, 2.75) is 12.3 Å². The number of hydrogen-bond acceptors (Lipinski definition) is 3. The maximum absolute atomic E-state index is 13.6. The van der Waals surface area contributed by atoms with Gasteiger partial charge in [-0.2, -0.15) is 5.10 Å². The average molecular weight is 411 g/mol. The molecule has 5 nitrogen and oxygen atoms in total. The van der Waals surface area contributed by atoms with Crippen LogP contribution in [0.3, 0.4) is 0 Å². The Balaban J connectivity index is 0.00000240. The van der Waals surface area contributed by atoms with Crippen molar-refractivity contribution in [1.29, 1.82) is 0 Å². The quantitative estimate of drug-likeness (QED) is 0.677. The van der Waals surface area contributed by atoms with Gasteiger partial charge in [0.15, 0.2) is 0 Å². The first-order valence-corrected chi connectivity index (χ1v) is 9.82. The summed E-state index contributed by atoms with van der Waals surface area (Å²) in [6.45, 7) is 2.18. The summed E-state index contributed by atoms with van der Waals surface area (Å²) >= 11 is 0. The Morgan fingerprint density at radius 1 is 1.10 bits per heavy atom. The van der Waals surface area contributed by atoms with E-state index in [1.54, 1.807) is 4.68 Å². The molecule has 6 heteroatoms. The molecule has 2 aromatic carbocycles. The van der Waals surface area contributed by atoms with Crippen LogP contribution in [0.25, 0.3) is 0 Å². The molecule has 4 rings (SSSR count). The fourth-order valence-electron chi connectivity index (χ4n) is 3.98. The third kappa shape index (κ3) is 4.86. The number of anilines is 1. The second-order valence-electron chi connectivity index (χ2n) is 7.38. The van der Waals surface area contributed by atoms with Gasteiger partial charge in [0.1, 0.15) is 0 Å². The number of hydrogen-bond donors (Lipinski definition) is 1. The Kier molecular flexibility index (Phi) is 7.07. The lowest BCUT2D eigenvalue weighted by Gasteiger charge is -2.28. The smallest absolute Gasteiger partial charge is 0.232 e. The summed E-state index contributed by atoms with van der Waals surface area (Å²) in [7, 11) is 1.92. The highest BCUT2D eigenvalue weighted by atomic mass is 35.5. The molecule has 152 valence electrons. The lowest BCUT2D eigenvalue weighted by Crippen LogP contribution is -2.40. The van der Waals surface area contributed by atoms with Gasteiger partial charge in [-0.1, -0.05) is 48.5 Å². The van der Waals surface area contributed by atoms with Crippen LogP contribution in [0.5, 0.6) is 0 Å². The Hall–Kier alpha value is -2.63. The summed E-state index contributed by atoms with van der Waals surface area (Å²) in [6.07, 6.45) is 4.74. The number of benzene rings is 2. The Morgan fingerprint density at radius 2 is 1.79 bits per heavy atom. The van der Waals surface area contributed by atoms with E-state index in [2.05, 4.69) is 22.5 Å². The molecule has 2 heterocycles. The van der Waals surface area contributed by atoms with Crippen LogP contribution in [0.1, 0.15) is 17.0 Å². The van der Waals surface area contributed by atoms with E-state index in [1.165, 1.54) is 5.56 Å². The van der Waals surface area contributed by atoms with Crippen molar-refractivity contribution in [3.8, 4) is 0 Å². The molecule has 0 aliphatic carbocycles. The van der Waals surface area contributed by atoms with E-state index >= 15 is 0 Å². The van der Waals surface area contributed by atoms with Gasteiger partial charge in [0.25, 0.3) is 0 Å². The van der Waals surface area contributed by atoms with Crippen LogP contribution >= 0.6 is 12.4 Å². The molecule has 1 N–H and O–H groups in total. The van der Waals surface area contributed by atoms with E-state index in [4.69, 9.17) is 0 Å². The van der Waals surface area contributed by atoms with Crippen molar-refractivity contribution in [2.24, 2.45) is 13.0 Å². The maximum atomic E-state index is 13.6. The van der Waals surface area contributed by atoms with Gasteiger partial charge in [-0.25, -0.2) is 0 Å². The molecule has 2 atom stereocenters. The summed E-state index contributed by atoms with van der Waals surface area (Å²) in [5.74, 6) is 0.255. The molecule has 1 aromatic heterocycles. The number of nitrogens with zero attached hydrogens (tertiary/aromatic N) is 3. The van der Waals surface area contributed by atoms with Crippen molar-refractivity contribution in [2.75, 3.05) is 24.5 Å². The van der Waals surface area contributed by atoms with Crippen LogP contribution in [-0.4, -0.2) is 35.3 Å². The third-order valence-corrected chi connectivity index (χ3v) is 5.49. The van der Waals surface area contributed by atoms with Crippen LogP contribution in [0, 0.1) is 5.92 Å². The van der Waals surface area contributed by atoms with Crippen molar-refractivity contribution in [1.82, 2.24) is 15.1 Å². The molecule has 1 fully saturated rings. The van der Waals surface area contributed by atoms with Crippen molar-refractivity contribution < 1.29 is 4.79 Å². The topological polar surface area (TPSA) is 50.2 Å². The molecule has 0 saturated carbocycles. The predicted octanol–water partition coefficient (Wildman–Crippen LogP) is 3.42. The molecule has 0 bridgehead atoms. The average Bonchev–Trinajstić information content (AvgIpc) is 3.38. The van der Waals surface area contributed by atoms with E-state index in [1.807, 2.05) is 72.9 Å². The minimum atomic E-state index is -0.0832. The number of aryl methyl sites for hydroxylation is 1. The van der Waals surface area contributed by atoms with Crippen molar-refractivity contribution >= 4 is 24.0 Å². The summed E-state index contributed by atoms with van der Waals surface area (Å²) in [4.78, 5) is 15.6. The number of halogens is 1. The lowest BCUT2D eigenvalue weighted by molar-refractivity contribution is -0.122. The first-order valence-electron chi connectivity index (χ1n) is 9.82. The fourth-order valence-corrected chi connectivity index (χ4v) is 3.98. The Labute approximate surface area is 178 Å². The van der Waals surface area contributed by atoms with Gasteiger partial charge in [-0.3, -0.25) is 9.48 Å². The molecular weight excluding hydrogens is 384 g/mol. The molecule has 1 amide bonds. The largest absolute Gasteiger partial charge is 0.315 e. The molecular formula is C23H27ClN4O. The third-order valence-electron chi connectivity index (χ3n) is 5.49. The van der Waals surface area contributed by atoms with Crippen LogP contribution in [-0.2, 0) is 18.3 Å². The number of nitrogens with one attached hydrogen (secondary N) is 1. The molecule has 1 saturated heterocycles. The SMILES string of the molecule is Cl.Cn1cc([C@H]2CNC[C@@H]2C(=O)N(CCc2ccccc2)c2ccccc2)cn1. The highest BCUT2D eigenvalue weighted by Crippen LogP contribution is 2.31. The zero-order valence-electron chi connectivity index (χ0n) is 16.6. The number of amides is 1. The van der Waals surface area contributed by atoms with E-state index in [0.29, 0.717) is 13.1 Å². The molecule has 29 heavy (non-hydrogen) atoms. The first-order chi connectivity index (χ1) is 13.7. The second kappa shape index (κ2) is 9.72. The Morgan fingerprint density at radius 3 is 2.45 bits per heavy atom. The standard InChI is InChI=1S/C23H26N4O.ClH/c1-26-17-19(14-25-26)21-15-24-16-22(21)23(28)27(20-10-6-3-7-11-20)13-12-18-8-4-2-5-9-18;/h2-11,14,17,21-22,24H,12-13,15-16H2,1H3;1H/t21-,22+;/m1./s1. The zero-order chi connectivity index (χ0) is 19.3. The van der Waals surface area contributed by atoms with Crippen LogP contribution in [0.2, 0.25) is 0 Å². The first kappa shape index (κ1) is 21.1. The summed E-state index contributed by atoms with van der Waals surface area (Å²) < 4.78 is 1.81. The number of carbonyl (C=O) groups is 1. The molecule has 3 aromatic rings.